The van der Waals surface area contributed by atoms with Gasteiger partial charge in [-0.25, -0.2) is 9.67 Å². The number of hydrogen-bond acceptors (Lipinski definition) is 3. The second-order valence-electron chi connectivity index (χ2n) is 6.69. The molecule has 0 aliphatic heterocycles. The summed E-state index contributed by atoms with van der Waals surface area (Å²) in [4.78, 5) is 17.5. The zero-order valence-corrected chi connectivity index (χ0v) is 14.5. The molecule has 0 saturated heterocycles. The Labute approximate surface area is 143 Å². The molecule has 5 nitrogen and oxygen atoms in total. The zero-order valence-electron chi connectivity index (χ0n) is 14.5. The van der Waals surface area contributed by atoms with Gasteiger partial charge in [-0.3, -0.25) is 4.79 Å². The molecule has 1 saturated carbocycles. The first kappa shape index (κ1) is 16.7. The van der Waals surface area contributed by atoms with Gasteiger partial charge in [0.05, 0.1) is 11.5 Å². The molecule has 0 unspecified atom stereocenters. The third-order valence-electron chi connectivity index (χ3n) is 5.03. The van der Waals surface area contributed by atoms with Crippen molar-refractivity contribution < 1.29 is 4.79 Å². The minimum absolute atomic E-state index is 0.116. The zero-order chi connectivity index (χ0) is 17.0. The van der Waals surface area contributed by atoms with Crippen LogP contribution in [0.4, 0.5) is 0 Å². The number of carbonyl (C=O) groups is 1. The molecule has 1 aromatic carbocycles. The van der Waals surface area contributed by atoms with E-state index in [1.54, 1.807) is 6.33 Å². The number of aryl methyl sites for hydroxylation is 1. The maximum atomic E-state index is 13.2. The molecule has 1 atom stereocenters. The van der Waals surface area contributed by atoms with Gasteiger partial charge in [0, 0.05) is 6.54 Å². The summed E-state index contributed by atoms with van der Waals surface area (Å²) >= 11 is 0. The summed E-state index contributed by atoms with van der Waals surface area (Å²) in [6.07, 6.45) is 6.58. The van der Waals surface area contributed by atoms with Crippen molar-refractivity contribution in [2.24, 2.45) is 0 Å². The molecule has 0 spiro atoms. The Kier molecular flexibility index (Phi) is 4.97. The minimum atomic E-state index is -0.398. The van der Waals surface area contributed by atoms with Crippen molar-refractivity contribution in [3.8, 4) is 0 Å². The highest BCUT2D eigenvalue weighted by Gasteiger charge is 2.43. The number of benzene rings is 1. The molecule has 24 heavy (non-hydrogen) atoms. The second kappa shape index (κ2) is 7.16. The Morgan fingerprint density at radius 2 is 2.00 bits per heavy atom. The number of rotatable bonds is 6. The summed E-state index contributed by atoms with van der Waals surface area (Å²) in [5.74, 6) is 0.941. The van der Waals surface area contributed by atoms with Crippen LogP contribution >= 0.6 is 0 Å². The molecule has 3 rings (SSSR count). The number of hydrogen-bond donors (Lipinski definition) is 1. The lowest BCUT2D eigenvalue weighted by atomic mass is 9.78. The summed E-state index contributed by atoms with van der Waals surface area (Å²) in [7, 11) is 0. The number of aromatic nitrogens is 3. The standard InChI is InChI=1S/C19H26N4O/c1-3-13-23-17(20-14-21-23)15(2)22-18(24)19(11-7-8-12-19)16-9-5-4-6-10-16/h4-6,9-10,14-15H,3,7-8,11-13H2,1-2H3,(H,22,24)/t15-/m0/s1. The van der Waals surface area contributed by atoms with Crippen molar-refractivity contribution in [2.75, 3.05) is 0 Å². The highest BCUT2D eigenvalue weighted by molar-refractivity contribution is 5.88. The van der Waals surface area contributed by atoms with Gasteiger partial charge in [-0.15, -0.1) is 0 Å². The van der Waals surface area contributed by atoms with Crippen LogP contribution in [0.2, 0.25) is 0 Å². The molecule has 2 aromatic rings. The summed E-state index contributed by atoms with van der Waals surface area (Å²) in [6, 6.07) is 10.0. The van der Waals surface area contributed by atoms with Crippen LogP contribution in [0.25, 0.3) is 0 Å². The average molecular weight is 326 g/mol. The van der Waals surface area contributed by atoms with Crippen LogP contribution in [0.5, 0.6) is 0 Å². The first-order valence-electron chi connectivity index (χ1n) is 8.91. The number of nitrogens with zero attached hydrogens (tertiary/aromatic N) is 3. The first-order chi connectivity index (χ1) is 11.7. The maximum Gasteiger partial charge on any atom is 0.231 e. The molecule has 1 aromatic heterocycles. The molecular formula is C19H26N4O. The highest BCUT2D eigenvalue weighted by Crippen LogP contribution is 2.41. The van der Waals surface area contributed by atoms with Gasteiger partial charge < -0.3 is 5.32 Å². The molecule has 1 N–H and O–H groups in total. The van der Waals surface area contributed by atoms with Gasteiger partial charge >= 0.3 is 0 Å². The predicted molar refractivity (Wildman–Crippen MR) is 93.5 cm³/mol. The molecule has 5 heteroatoms. The van der Waals surface area contributed by atoms with Crippen molar-refractivity contribution in [3.05, 3.63) is 48.0 Å². The van der Waals surface area contributed by atoms with Crippen LogP contribution in [0.3, 0.4) is 0 Å². The van der Waals surface area contributed by atoms with E-state index in [1.165, 1.54) is 0 Å². The molecule has 1 fully saturated rings. The maximum absolute atomic E-state index is 13.2. The van der Waals surface area contributed by atoms with Gasteiger partial charge in [-0.05, 0) is 31.7 Å². The number of nitrogens with one attached hydrogen (secondary N) is 1. The lowest BCUT2D eigenvalue weighted by Gasteiger charge is -2.30. The molecule has 128 valence electrons. The highest BCUT2D eigenvalue weighted by atomic mass is 16.2. The van der Waals surface area contributed by atoms with Crippen LogP contribution in [0, 0.1) is 0 Å². The largest absolute Gasteiger partial charge is 0.346 e. The van der Waals surface area contributed by atoms with Crippen LogP contribution in [0.15, 0.2) is 36.7 Å². The Morgan fingerprint density at radius 1 is 1.29 bits per heavy atom. The van der Waals surface area contributed by atoms with Gasteiger partial charge in [-0.1, -0.05) is 50.1 Å². The van der Waals surface area contributed by atoms with Crippen LogP contribution in [-0.2, 0) is 16.8 Å². The normalized spacial score (nSPS) is 17.6. The smallest absolute Gasteiger partial charge is 0.231 e. The third-order valence-corrected chi connectivity index (χ3v) is 5.03. The Morgan fingerprint density at radius 3 is 2.67 bits per heavy atom. The van der Waals surface area contributed by atoms with Gasteiger partial charge in [0.2, 0.25) is 5.91 Å². The van der Waals surface area contributed by atoms with Gasteiger partial charge in [0.15, 0.2) is 0 Å². The van der Waals surface area contributed by atoms with Gasteiger partial charge in [-0.2, -0.15) is 5.10 Å². The topological polar surface area (TPSA) is 59.8 Å². The molecule has 1 aliphatic rings. The molecule has 1 amide bonds. The van der Waals surface area contributed by atoms with Gasteiger partial charge in [0.1, 0.15) is 12.2 Å². The molecule has 0 bridgehead atoms. The van der Waals surface area contributed by atoms with E-state index < -0.39 is 5.41 Å². The van der Waals surface area contributed by atoms with E-state index in [0.29, 0.717) is 0 Å². The van der Waals surface area contributed by atoms with E-state index in [9.17, 15) is 4.79 Å². The summed E-state index contributed by atoms with van der Waals surface area (Å²) < 4.78 is 1.88. The van der Waals surface area contributed by atoms with Gasteiger partial charge in [0.25, 0.3) is 0 Å². The monoisotopic (exact) mass is 326 g/mol. The van der Waals surface area contributed by atoms with Crippen molar-refractivity contribution in [1.29, 1.82) is 0 Å². The summed E-state index contributed by atoms with van der Waals surface area (Å²) in [6.45, 7) is 4.92. The summed E-state index contributed by atoms with van der Waals surface area (Å²) in [5.41, 5.74) is 0.729. The SMILES string of the molecule is CCCn1ncnc1[C@H](C)NC(=O)C1(c2ccccc2)CCCC1. The van der Waals surface area contributed by atoms with E-state index in [1.807, 2.05) is 29.8 Å². The average Bonchev–Trinajstić information content (AvgIpc) is 3.26. The fourth-order valence-electron chi connectivity index (χ4n) is 3.77. The van der Waals surface area contributed by atoms with Crippen LogP contribution < -0.4 is 5.32 Å². The van der Waals surface area contributed by atoms with E-state index in [2.05, 4.69) is 34.5 Å². The van der Waals surface area contributed by atoms with Crippen molar-refractivity contribution in [2.45, 2.75) is 64.0 Å². The molecular weight excluding hydrogens is 300 g/mol. The van der Waals surface area contributed by atoms with Crippen molar-refractivity contribution >= 4 is 5.91 Å². The second-order valence-corrected chi connectivity index (χ2v) is 6.69. The third kappa shape index (κ3) is 3.07. The number of carbonyl (C=O) groups excluding carboxylic acids is 1. The van der Waals surface area contributed by atoms with Crippen molar-refractivity contribution in [1.82, 2.24) is 20.1 Å². The predicted octanol–water partition coefficient (Wildman–Crippen LogP) is 3.38. The quantitative estimate of drug-likeness (QED) is 0.885. The molecule has 1 heterocycles. The Hall–Kier alpha value is -2.17. The summed E-state index contributed by atoms with van der Waals surface area (Å²) in [5, 5.41) is 7.46. The van der Waals surface area contributed by atoms with Crippen LogP contribution in [-0.4, -0.2) is 20.7 Å². The van der Waals surface area contributed by atoms with E-state index in [4.69, 9.17) is 0 Å². The molecule has 0 radical (unpaired) electrons. The van der Waals surface area contributed by atoms with E-state index in [-0.39, 0.29) is 11.9 Å². The van der Waals surface area contributed by atoms with Crippen molar-refractivity contribution in [3.63, 3.8) is 0 Å². The Balaban J connectivity index is 1.80. The first-order valence-corrected chi connectivity index (χ1v) is 8.91. The fraction of sp³-hybridized carbons (Fsp3) is 0.526. The Bertz CT molecular complexity index is 674. The fourth-order valence-corrected chi connectivity index (χ4v) is 3.77. The van der Waals surface area contributed by atoms with E-state index >= 15 is 0 Å². The lowest BCUT2D eigenvalue weighted by molar-refractivity contribution is -0.127. The van der Waals surface area contributed by atoms with Crippen LogP contribution in [0.1, 0.15) is 63.4 Å². The lowest BCUT2D eigenvalue weighted by Crippen LogP contribution is -2.44. The van der Waals surface area contributed by atoms with E-state index in [0.717, 1.165) is 50.0 Å². The number of amides is 1. The molecule has 1 aliphatic carbocycles. The minimum Gasteiger partial charge on any atom is -0.346 e.